The molecule has 0 amide bonds. The zero-order valence-electron chi connectivity index (χ0n) is 9.68. The Bertz CT molecular complexity index is 851. The van der Waals surface area contributed by atoms with Crippen molar-refractivity contribution in [2.45, 2.75) is 6.42 Å². The first-order chi connectivity index (χ1) is 8.74. The van der Waals surface area contributed by atoms with Gasteiger partial charge in [-0.25, -0.2) is 4.98 Å². The lowest BCUT2D eigenvalue weighted by Gasteiger charge is -2.03. The van der Waals surface area contributed by atoms with Crippen LogP contribution in [0.25, 0.3) is 16.9 Å². The minimum absolute atomic E-state index is 0. The van der Waals surface area contributed by atoms with Crippen LogP contribution in [0.15, 0.2) is 35.4 Å². The lowest BCUT2D eigenvalue weighted by atomic mass is 10.1. The Morgan fingerprint density at radius 2 is 2.21 bits per heavy atom. The molecule has 0 unspecified atom stereocenters. The summed E-state index contributed by atoms with van der Waals surface area (Å²) in [5.74, 6) is 0. The predicted molar refractivity (Wildman–Crippen MR) is 76.3 cm³/mol. The van der Waals surface area contributed by atoms with E-state index >= 15 is 0 Å². The molecule has 3 aromatic rings. The zero-order valence-corrected chi connectivity index (χ0v) is 11.3. The highest BCUT2D eigenvalue weighted by Crippen LogP contribution is 2.35. The predicted octanol–water partition coefficient (Wildman–Crippen LogP) is 2.67. The van der Waals surface area contributed by atoms with Crippen molar-refractivity contribution >= 4 is 29.7 Å². The van der Waals surface area contributed by atoms with Gasteiger partial charge in [0.25, 0.3) is 5.56 Å². The minimum Gasteiger partial charge on any atom is -0.317 e. The molecular formula is C13H9Cl2N3O. The number of imidazole rings is 1. The van der Waals surface area contributed by atoms with Gasteiger partial charge in [0.15, 0.2) is 0 Å². The smallest absolute Gasteiger partial charge is 0.292 e. The lowest BCUT2D eigenvalue weighted by molar-refractivity contribution is 1.00. The van der Waals surface area contributed by atoms with E-state index in [1.807, 2.05) is 28.8 Å². The van der Waals surface area contributed by atoms with Crippen molar-refractivity contribution in [1.82, 2.24) is 14.4 Å². The van der Waals surface area contributed by atoms with Crippen LogP contribution < -0.4 is 5.56 Å². The van der Waals surface area contributed by atoms with E-state index in [-0.39, 0.29) is 18.0 Å². The number of aromatic amines is 1. The van der Waals surface area contributed by atoms with Crippen LogP contribution >= 0.6 is 24.0 Å². The third-order valence-electron chi connectivity index (χ3n) is 3.36. The molecule has 0 radical (unpaired) electrons. The van der Waals surface area contributed by atoms with Gasteiger partial charge >= 0.3 is 0 Å². The summed E-state index contributed by atoms with van der Waals surface area (Å²) in [5, 5.41) is 0.674. The van der Waals surface area contributed by atoms with Crippen LogP contribution in [0.1, 0.15) is 11.3 Å². The van der Waals surface area contributed by atoms with Crippen molar-refractivity contribution in [3.05, 3.63) is 57.2 Å². The molecule has 0 atom stereocenters. The number of halogens is 2. The number of benzene rings is 1. The van der Waals surface area contributed by atoms with Crippen LogP contribution in [0.5, 0.6) is 0 Å². The van der Waals surface area contributed by atoms with Crippen molar-refractivity contribution in [3.8, 4) is 11.3 Å². The molecule has 1 aliphatic rings. The maximum Gasteiger partial charge on any atom is 0.292 e. The van der Waals surface area contributed by atoms with Gasteiger partial charge in [-0.2, -0.15) is 0 Å². The second-order valence-corrected chi connectivity index (χ2v) is 4.81. The van der Waals surface area contributed by atoms with E-state index in [0.29, 0.717) is 10.7 Å². The molecule has 0 saturated carbocycles. The Kier molecular flexibility index (Phi) is 2.66. The Balaban J connectivity index is 0.00000110. The number of nitrogens with zero attached hydrogens (tertiary/aromatic N) is 2. The number of rotatable bonds is 0. The molecule has 2 heterocycles. The first kappa shape index (κ1) is 12.3. The summed E-state index contributed by atoms with van der Waals surface area (Å²) in [6.45, 7) is 0. The van der Waals surface area contributed by atoms with Crippen LogP contribution in [0.4, 0.5) is 0 Å². The van der Waals surface area contributed by atoms with E-state index in [4.69, 9.17) is 11.6 Å². The molecule has 0 spiro atoms. The van der Waals surface area contributed by atoms with Crippen molar-refractivity contribution in [2.24, 2.45) is 0 Å². The highest BCUT2D eigenvalue weighted by Gasteiger charge is 2.23. The van der Waals surface area contributed by atoms with Gasteiger partial charge in [-0.1, -0.05) is 17.7 Å². The van der Waals surface area contributed by atoms with E-state index < -0.39 is 0 Å². The van der Waals surface area contributed by atoms with Gasteiger partial charge in [-0.3, -0.25) is 9.20 Å². The van der Waals surface area contributed by atoms with Gasteiger partial charge in [0.1, 0.15) is 0 Å². The van der Waals surface area contributed by atoms with Crippen molar-refractivity contribution in [2.75, 3.05) is 0 Å². The number of fused-ring (bicyclic) bond motifs is 5. The molecule has 96 valence electrons. The average Bonchev–Trinajstić information content (AvgIpc) is 2.94. The third-order valence-corrected chi connectivity index (χ3v) is 3.60. The Hall–Kier alpha value is -1.78. The Morgan fingerprint density at radius 3 is 3.05 bits per heavy atom. The molecule has 0 saturated heterocycles. The number of hydrogen-bond acceptors (Lipinski definition) is 2. The van der Waals surface area contributed by atoms with Crippen LogP contribution in [0.2, 0.25) is 5.02 Å². The molecule has 0 fully saturated rings. The first-order valence-corrected chi connectivity index (χ1v) is 5.99. The molecule has 2 aromatic heterocycles. The standard InChI is InChI=1S/C13H8ClN3O.ClH/c14-8-2-1-7-5-10-11(9(7)6-8)16-13(18)12-15-3-4-17(10)12;/h1-4,6H,5H2,(H,16,18);1H. The van der Waals surface area contributed by atoms with Gasteiger partial charge in [-0.15, -0.1) is 12.4 Å². The molecule has 1 aromatic carbocycles. The van der Waals surface area contributed by atoms with Crippen LogP contribution in [-0.4, -0.2) is 14.4 Å². The van der Waals surface area contributed by atoms with E-state index in [0.717, 1.165) is 23.4 Å². The summed E-state index contributed by atoms with van der Waals surface area (Å²) < 4.78 is 1.85. The van der Waals surface area contributed by atoms with Crippen molar-refractivity contribution in [3.63, 3.8) is 0 Å². The first-order valence-electron chi connectivity index (χ1n) is 5.61. The van der Waals surface area contributed by atoms with E-state index in [2.05, 4.69) is 9.97 Å². The van der Waals surface area contributed by atoms with Crippen molar-refractivity contribution < 1.29 is 0 Å². The van der Waals surface area contributed by atoms with Crippen LogP contribution in [-0.2, 0) is 6.42 Å². The van der Waals surface area contributed by atoms with Gasteiger partial charge < -0.3 is 4.98 Å². The fourth-order valence-corrected chi connectivity index (χ4v) is 2.74. The topological polar surface area (TPSA) is 50.2 Å². The van der Waals surface area contributed by atoms with Gasteiger partial charge in [0.05, 0.1) is 11.4 Å². The summed E-state index contributed by atoms with van der Waals surface area (Å²) in [4.78, 5) is 18.9. The lowest BCUT2D eigenvalue weighted by Crippen LogP contribution is -2.13. The maximum absolute atomic E-state index is 11.9. The molecule has 19 heavy (non-hydrogen) atoms. The number of hydrogen-bond donors (Lipinski definition) is 1. The number of nitrogens with one attached hydrogen (secondary N) is 1. The molecule has 0 aliphatic heterocycles. The molecule has 1 aliphatic carbocycles. The minimum atomic E-state index is -0.174. The quantitative estimate of drug-likeness (QED) is 0.542. The van der Waals surface area contributed by atoms with E-state index in [9.17, 15) is 4.79 Å². The molecule has 4 nitrogen and oxygen atoms in total. The van der Waals surface area contributed by atoms with Crippen molar-refractivity contribution in [1.29, 1.82) is 0 Å². The summed E-state index contributed by atoms with van der Waals surface area (Å²) in [5.41, 5.74) is 4.35. The van der Waals surface area contributed by atoms with Gasteiger partial charge in [-0.05, 0) is 17.7 Å². The molecule has 6 heteroatoms. The monoisotopic (exact) mass is 293 g/mol. The fraction of sp³-hybridized carbons (Fsp3) is 0.0769. The average molecular weight is 294 g/mol. The summed E-state index contributed by atoms with van der Waals surface area (Å²) in [7, 11) is 0. The zero-order chi connectivity index (χ0) is 12.3. The molecule has 1 N–H and O–H groups in total. The van der Waals surface area contributed by atoms with E-state index in [1.54, 1.807) is 6.20 Å². The van der Waals surface area contributed by atoms with Gasteiger partial charge in [0.2, 0.25) is 5.65 Å². The van der Waals surface area contributed by atoms with Crippen LogP contribution in [0.3, 0.4) is 0 Å². The van der Waals surface area contributed by atoms with Gasteiger partial charge in [0, 0.05) is 29.4 Å². The molecule has 0 bridgehead atoms. The fourth-order valence-electron chi connectivity index (χ4n) is 2.56. The SMILES string of the molecule is Cl.O=c1[nH]c2c(n3ccnc13)Cc1ccc(Cl)cc1-2. The highest BCUT2D eigenvalue weighted by molar-refractivity contribution is 6.30. The maximum atomic E-state index is 11.9. The summed E-state index contributed by atoms with van der Waals surface area (Å²) in [6.07, 6.45) is 4.24. The molecule has 4 rings (SSSR count). The number of aromatic nitrogens is 3. The summed E-state index contributed by atoms with van der Waals surface area (Å²) in [6, 6.07) is 5.76. The van der Waals surface area contributed by atoms with Crippen LogP contribution in [0, 0.1) is 0 Å². The summed E-state index contributed by atoms with van der Waals surface area (Å²) >= 11 is 6.02. The van der Waals surface area contributed by atoms with E-state index in [1.165, 1.54) is 5.56 Å². The normalized spacial score (nSPS) is 12.1. The highest BCUT2D eigenvalue weighted by atomic mass is 35.5. The second kappa shape index (κ2) is 4.11. The largest absolute Gasteiger partial charge is 0.317 e. The number of H-pyrrole nitrogens is 1. The Morgan fingerprint density at radius 1 is 1.37 bits per heavy atom. The second-order valence-electron chi connectivity index (χ2n) is 4.37. The molecular weight excluding hydrogens is 285 g/mol. The Labute approximate surface area is 119 Å². The third kappa shape index (κ3) is 1.60.